The minimum Gasteiger partial charge on any atom is -0.496 e. The lowest BCUT2D eigenvalue weighted by molar-refractivity contribution is -0.127. The summed E-state index contributed by atoms with van der Waals surface area (Å²) in [6.07, 6.45) is -0.112. The Morgan fingerprint density at radius 2 is 2.15 bits per heavy atom. The maximum atomic E-state index is 12.8. The molecule has 1 unspecified atom stereocenters. The minimum atomic E-state index is -0.640. The third-order valence-electron chi connectivity index (χ3n) is 4.79. The van der Waals surface area contributed by atoms with Crippen molar-refractivity contribution in [3.63, 3.8) is 0 Å². The quantitative estimate of drug-likeness (QED) is 0.869. The number of ether oxygens (including phenoxy) is 2. The highest BCUT2D eigenvalue weighted by molar-refractivity contribution is 5.98. The molecule has 2 aromatic rings. The van der Waals surface area contributed by atoms with Crippen LogP contribution in [-0.2, 0) is 9.53 Å². The summed E-state index contributed by atoms with van der Waals surface area (Å²) in [7, 11) is 1.58. The molecule has 3 amide bonds. The Balaban J connectivity index is 1.49. The van der Waals surface area contributed by atoms with E-state index in [1.165, 1.54) is 0 Å². The van der Waals surface area contributed by atoms with E-state index in [4.69, 9.17) is 9.47 Å². The second kappa shape index (κ2) is 6.75. The van der Waals surface area contributed by atoms with Crippen molar-refractivity contribution >= 4 is 17.9 Å². The molecule has 2 saturated heterocycles. The number of H-pyrrole nitrogens is 1. The Bertz CT molecular complexity index is 893. The molecule has 2 aliphatic rings. The van der Waals surface area contributed by atoms with Gasteiger partial charge >= 0.3 is 6.09 Å². The Morgan fingerprint density at radius 3 is 2.89 bits per heavy atom. The highest BCUT2D eigenvalue weighted by Gasteiger charge is 2.41. The number of aromatic nitrogens is 2. The molecule has 2 fully saturated rings. The molecule has 0 bridgehead atoms. The number of rotatable bonds is 4. The molecule has 4 rings (SSSR count). The van der Waals surface area contributed by atoms with Crippen LogP contribution in [0.25, 0.3) is 11.3 Å². The molecule has 9 nitrogen and oxygen atoms in total. The molecule has 9 heteroatoms. The maximum absolute atomic E-state index is 12.8. The van der Waals surface area contributed by atoms with E-state index in [2.05, 4.69) is 10.2 Å². The van der Waals surface area contributed by atoms with Crippen LogP contribution in [-0.4, -0.2) is 70.8 Å². The fraction of sp³-hybridized carbons (Fsp3) is 0.333. The highest BCUT2D eigenvalue weighted by Crippen LogP contribution is 2.29. The summed E-state index contributed by atoms with van der Waals surface area (Å²) in [6, 6.07) is 8.72. The predicted molar refractivity (Wildman–Crippen MR) is 93.1 cm³/mol. The van der Waals surface area contributed by atoms with Crippen LogP contribution in [0.3, 0.4) is 0 Å². The highest BCUT2D eigenvalue weighted by atomic mass is 16.6. The van der Waals surface area contributed by atoms with Gasteiger partial charge in [0.2, 0.25) is 0 Å². The Kier molecular flexibility index (Phi) is 4.27. The van der Waals surface area contributed by atoms with Crippen LogP contribution < -0.4 is 4.74 Å². The van der Waals surface area contributed by atoms with Crippen LogP contribution in [0.15, 0.2) is 30.3 Å². The zero-order valence-corrected chi connectivity index (χ0v) is 14.7. The number of benzene rings is 1. The van der Waals surface area contributed by atoms with E-state index in [1.54, 1.807) is 18.1 Å². The van der Waals surface area contributed by atoms with Gasteiger partial charge < -0.3 is 14.4 Å². The first kappa shape index (κ1) is 17.1. The number of carbonyl (C=O) groups excluding carboxylic acids is 3. The molecular formula is C18H18N4O5. The number of hydrogen-bond acceptors (Lipinski definition) is 6. The topological polar surface area (TPSA) is 105 Å². The number of likely N-dealkylation sites (tertiary alicyclic amines) is 1. The first-order valence-corrected chi connectivity index (χ1v) is 8.55. The summed E-state index contributed by atoms with van der Waals surface area (Å²) in [6.45, 7) is 0.498. The van der Waals surface area contributed by atoms with Crippen LogP contribution >= 0.6 is 0 Å². The second-order valence-electron chi connectivity index (χ2n) is 6.38. The van der Waals surface area contributed by atoms with Gasteiger partial charge in [-0.05, 0) is 24.6 Å². The molecule has 3 heterocycles. The number of imide groups is 1. The van der Waals surface area contributed by atoms with E-state index in [0.29, 0.717) is 30.1 Å². The van der Waals surface area contributed by atoms with Crippen molar-refractivity contribution < 1.29 is 23.9 Å². The average molecular weight is 370 g/mol. The number of methoxy groups -OCH3 is 1. The summed E-state index contributed by atoms with van der Waals surface area (Å²) in [5.74, 6) is 0.0701. The number of para-hydroxylation sites is 1. The van der Waals surface area contributed by atoms with Crippen molar-refractivity contribution in [3.8, 4) is 17.0 Å². The molecule has 0 saturated carbocycles. The van der Waals surface area contributed by atoms with Crippen LogP contribution in [0.2, 0.25) is 0 Å². The van der Waals surface area contributed by atoms with Gasteiger partial charge in [-0.3, -0.25) is 14.7 Å². The molecular weight excluding hydrogens is 352 g/mol. The van der Waals surface area contributed by atoms with Gasteiger partial charge in [-0.2, -0.15) is 5.10 Å². The third-order valence-corrected chi connectivity index (χ3v) is 4.79. The number of nitrogens with one attached hydrogen (secondary N) is 1. The van der Waals surface area contributed by atoms with Gasteiger partial charge in [-0.15, -0.1) is 0 Å². The lowest BCUT2D eigenvalue weighted by Gasteiger charge is -2.20. The molecule has 0 spiro atoms. The molecule has 0 aliphatic carbocycles. The molecule has 1 atom stereocenters. The second-order valence-corrected chi connectivity index (χ2v) is 6.38. The predicted octanol–water partition coefficient (Wildman–Crippen LogP) is 1.28. The van der Waals surface area contributed by atoms with Crippen LogP contribution in [0.1, 0.15) is 16.9 Å². The third kappa shape index (κ3) is 3.01. The van der Waals surface area contributed by atoms with Crippen molar-refractivity contribution in [1.82, 2.24) is 20.0 Å². The molecule has 1 aromatic carbocycles. The van der Waals surface area contributed by atoms with Crippen LogP contribution in [0.4, 0.5) is 4.79 Å². The van der Waals surface area contributed by atoms with Gasteiger partial charge in [-0.1, -0.05) is 12.1 Å². The molecule has 140 valence electrons. The first-order chi connectivity index (χ1) is 13.1. The fourth-order valence-corrected chi connectivity index (χ4v) is 3.45. The van der Waals surface area contributed by atoms with E-state index in [-0.39, 0.29) is 31.0 Å². The molecule has 0 radical (unpaired) electrons. The number of carbonyl (C=O) groups is 3. The van der Waals surface area contributed by atoms with E-state index in [1.807, 2.05) is 24.3 Å². The zero-order chi connectivity index (χ0) is 19.0. The molecule has 1 N–H and O–H groups in total. The molecule has 2 aliphatic heterocycles. The average Bonchev–Trinajstić information content (AvgIpc) is 3.41. The monoisotopic (exact) mass is 370 g/mol. The molecule has 27 heavy (non-hydrogen) atoms. The fourth-order valence-electron chi connectivity index (χ4n) is 3.45. The normalized spacial score (nSPS) is 19.5. The van der Waals surface area contributed by atoms with Crippen LogP contribution in [0, 0.1) is 0 Å². The van der Waals surface area contributed by atoms with Gasteiger partial charge in [0.05, 0.1) is 18.8 Å². The smallest absolute Gasteiger partial charge is 0.417 e. The Hall–Kier alpha value is -3.36. The minimum absolute atomic E-state index is 0.230. The van der Waals surface area contributed by atoms with Crippen molar-refractivity contribution in [1.29, 1.82) is 0 Å². The Morgan fingerprint density at radius 1 is 1.33 bits per heavy atom. The lowest BCUT2D eigenvalue weighted by Crippen LogP contribution is -2.42. The standard InChI is InChI=1S/C18H18N4O5/c1-26-15-5-3-2-4-12(15)13-8-14(20-19-13)17(24)21-7-6-11(9-21)22-16(23)10-27-18(22)25/h2-5,8,11H,6-7,9-10H2,1H3,(H,19,20). The zero-order valence-electron chi connectivity index (χ0n) is 14.7. The van der Waals surface area contributed by atoms with Gasteiger partial charge in [0, 0.05) is 18.7 Å². The number of hydrogen-bond donors (Lipinski definition) is 1. The van der Waals surface area contributed by atoms with E-state index >= 15 is 0 Å². The Labute approximate surface area is 154 Å². The summed E-state index contributed by atoms with van der Waals surface area (Å²) >= 11 is 0. The van der Waals surface area contributed by atoms with E-state index in [0.717, 1.165) is 10.5 Å². The summed E-state index contributed by atoms with van der Waals surface area (Å²) in [5.41, 5.74) is 1.72. The SMILES string of the molecule is COc1ccccc1-c1cc(C(=O)N2CCC(N3C(=O)COC3=O)C2)[nH]n1. The van der Waals surface area contributed by atoms with E-state index < -0.39 is 6.09 Å². The summed E-state index contributed by atoms with van der Waals surface area (Å²) < 4.78 is 10.1. The van der Waals surface area contributed by atoms with Gasteiger partial charge in [-0.25, -0.2) is 9.69 Å². The van der Waals surface area contributed by atoms with Gasteiger partial charge in [0.25, 0.3) is 11.8 Å². The summed E-state index contributed by atoms with van der Waals surface area (Å²) in [4.78, 5) is 39.0. The van der Waals surface area contributed by atoms with Crippen molar-refractivity contribution in [2.75, 3.05) is 26.8 Å². The lowest BCUT2D eigenvalue weighted by atomic mass is 10.1. The van der Waals surface area contributed by atoms with Crippen molar-refractivity contribution in [3.05, 3.63) is 36.0 Å². The van der Waals surface area contributed by atoms with Crippen molar-refractivity contribution in [2.45, 2.75) is 12.5 Å². The maximum Gasteiger partial charge on any atom is 0.417 e. The van der Waals surface area contributed by atoms with Gasteiger partial charge in [0.1, 0.15) is 11.4 Å². The number of aromatic amines is 1. The number of nitrogens with zero attached hydrogens (tertiary/aromatic N) is 3. The number of cyclic esters (lactones) is 1. The first-order valence-electron chi connectivity index (χ1n) is 8.55. The van der Waals surface area contributed by atoms with Crippen LogP contribution in [0.5, 0.6) is 5.75 Å². The van der Waals surface area contributed by atoms with Gasteiger partial charge in [0.15, 0.2) is 6.61 Å². The molecule has 1 aromatic heterocycles. The largest absolute Gasteiger partial charge is 0.496 e. The van der Waals surface area contributed by atoms with E-state index in [9.17, 15) is 14.4 Å². The van der Waals surface area contributed by atoms with Crippen molar-refractivity contribution in [2.24, 2.45) is 0 Å². The number of amides is 3. The summed E-state index contributed by atoms with van der Waals surface area (Å²) in [5, 5.41) is 6.98.